The molecule has 3 nitrogen and oxygen atoms in total. The first kappa shape index (κ1) is 16.2. The standard InChI is InChI=1S/C20H25NO2/c1-2-3-4-11-16-21-19(17-12-7-5-8-13-17)22-23-20(21)18-14-9-6-10-15-18/h5-10,12-15,19-20H,2-4,11,16H2,1H3/t19-,20+. The maximum Gasteiger partial charge on any atom is 0.174 e. The second-order valence-electron chi connectivity index (χ2n) is 6.02. The van der Waals surface area contributed by atoms with Crippen LogP contribution in [0.4, 0.5) is 0 Å². The van der Waals surface area contributed by atoms with Gasteiger partial charge in [-0.2, -0.15) is 0 Å². The molecule has 0 saturated carbocycles. The summed E-state index contributed by atoms with van der Waals surface area (Å²) in [6, 6.07) is 20.6. The van der Waals surface area contributed by atoms with E-state index in [1.807, 2.05) is 36.4 Å². The van der Waals surface area contributed by atoms with Crippen molar-refractivity contribution in [2.24, 2.45) is 0 Å². The van der Waals surface area contributed by atoms with Crippen molar-refractivity contribution in [3.63, 3.8) is 0 Å². The Morgan fingerprint density at radius 3 is 1.74 bits per heavy atom. The zero-order valence-electron chi connectivity index (χ0n) is 13.7. The quantitative estimate of drug-likeness (QED) is 0.516. The second-order valence-corrected chi connectivity index (χ2v) is 6.02. The second kappa shape index (κ2) is 8.25. The molecule has 0 amide bonds. The Morgan fingerprint density at radius 2 is 1.26 bits per heavy atom. The molecule has 1 fully saturated rings. The predicted molar refractivity (Wildman–Crippen MR) is 91.4 cm³/mol. The molecule has 1 heterocycles. The van der Waals surface area contributed by atoms with Crippen LogP contribution < -0.4 is 0 Å². The molecule has 0 aliphatic carbocycles. The molecule has 3 rings (SSSR count). The van der Waals surface area contributed by atoms with E-state index in [4.69, 9.17) is 9.78 Å². The average molecular weight is 311 g/mol. The molecular weight excluding hydrogens is 286 g/mol. The van der Waals surface area contributed by atoms with Crippen molar-refractivity contribution >= 4 is 0 Å². The molecule has 2 aromatic rings. The summed E-state index contributed by atoms with van der Waals surface area (Å²) in [7, 11) is 0. The van der Waals surface area contributed by atoms with E-state index in [0.29, 0.717) is 0 Å². The Kier molecular flexibility index (Phi) is 5.81. The van der Waals surface area contributed by atoms with Crippen molar-refractivity contribution in [3.8, 4) is 0 Å². The van der Waals surface area contributed by atoms with Crippen molar-refractivity contribution in [2.75, 3.05) is 6.54 Å². The summed E-state index contributed by atoms with van der Waals surface area (Å²) in [6.45, 7) is 3.21. The Balaban J connectivity index is 1.77. The number of rotatable bonds is 7. The molecule has 1 saturated heterocycles. The first-order valence-corrected chi connectivity index (χ1v) is 8.58. The van der Waals surface area contributed by atoms with Gasteiger partial charge in [-0.15, -0.1) is 0 Å². The highest BCUT2D eigenvalue weighted by atomic mass is 17.2. The molecule has 0 radical (unpaired) electrons. The van der Waals surface area contributed by atoms with Gasteiger partial charge in [0.1, 0.15) is 0 Å². The van der Waals surface area contributed by atoms with Gasteiger partial charge in [-0.1, -0.05) is 86.8 Å². The van der Waals surface area contributed by atoms with Gasteiger partial charge in [-0.25, -0.2) is 14.7 Å². The summed E-state index contributed by atoms with van der Waals surface area (Å²) >= 11 is 0. The first-order valence-electron chi connectivity index (χ1n) is 8.58. The minimum atomic E-state index is -0.136. The summed E-state index contributed by atoms with van der Waals surface area (Å²) in [5, 5.41) is 0. The van der Waals surface area contributed by atoms with Crippen LogP contribution in [0.15, 0.2) is 60.7 Å². The topological polar surface area (TPSA) is 21.7 Å². The molecule has 23 heavy (non-hydrogen) atoms. The highest BCUT2D eigenvalue weighted by Gasteiger charge is 2.37. The van der Waals surface area contributed by atoms with E-state index in [-0.39, 0.29) is 12.5 Å². The number of unbranched alkanes of at least 4 members (excludes halogenated alkanes) is 3. The molecular formula is C20H25NO2. The number of hydrogen-bond donors (Lipinski definition) is 0. The highest BCUT2D eigenvalue weighted by Crippen LogP contribution is 2.39. The van der Waals surface area contributed by atoms with Crippen LogP contribution in [-0.4, -0.2) is 11.4 Å². The maximum absolute atomic E-state index is 5.70. The first-order chi connectivity index (χ1) is 11.4. The largest absolute Gasteiger partial charge is 0.239 e. The third kappa shape index (κ3) is 3.99. The molecule has 2 aromatic carbocycles. The van der Waals surface area contributed by atoms with E-state index in [0.717, 1.165) is 24.1 Å². The zero-order valence-corrected chi connectivity index (χ0v) is 13.7. The van der Waals surface area contributed by atoms with Gasteiger partial charge in [0.25, 0.3) is 0 Å². The van der Waals surface area contributed by atoms with Crippen molar-refractivity contribution < 1.29 is 9.78 Å². The lowest BCUT2D eigenvalue weighted by molar-refractivity contribution is -0.300. The molecule has 1 aliphatic rings. The van der Waals surface area contributed by atoms with Gasteiger partial charge >= 0.3 is 0 Å². The smallest absolute Gasteiger partial charge is 0.174 e. The summed E-state index contributed by atoms with van der Waals surface area (Å²) in [6.07, 6.45) is 4.66. The summed E-state index contributed by atoms with van der Waals surface area (Å²) in [4.78, 5) is 13.7. The summed E-state index contributed by atoms with van der Waals surface area (Å²) < 4.78 is 0. The van der Waals surface area contributed by atoms with E-state index in [9.17, 15) is 0 Å². The number of benzene rings is 2. The maximum atomic E-state index is 5.70. The van der Waals surface area contributed by atoms with Gasteiger partial charge < -0.3 is 0 Å². The van der Waals surface area contributed by atoms with Gasteiger partial charge in [-0.3, -0.25) is 0 Å². The van der Waals surface area contributed by atoms with E-state index in [2.05, 4.69) is 36.1 Å². The Hall–Kier alpha value is -1.68. The summed E-state index contributed by atoms with van der Waals surface area (Å²) in [5.74, 6) is 0. The predicted octanol–water partition coefficient (Wildman–Crippen LogP) is 5.23. The molecule has 2 atom stereocenters. The third-order valence-corrected chi connectivity index (χ3v) is 4.28. The van der Waals surface area contributed by atoms with E-state index in [1.165, 1.54) is 19.3 Å². The lowest BCUT2D eigenvalue weighted by atomic mass is 10.1. The minimum Gasteiger partial charge on any atom is -0.239 e. The van der Waals surface area contributed by atoms with Crippen molar-refractivity contribution in [3.05, 3.63) is 71.8 Å². The minimum absolute atomic E-state index is 0.136. The Labute approximate surface area is 138 Å². The fraction of sp³-hybridized carbons (Fsp3) is 0.400. The average Bonchev–Trinajstić information content (AvgIpc) is 3.04. The van der Waals surface area contributed by atoms with E-state index < -0.39 is 0 Å². The molecule has 0 N–H and O–H groups in total. The van der Waals surface area contributed by atoms with Crippen LogP contribution in [-0.2, 0) is 9.78 Å². The molecule has 122 valence electrons. The SMILES string of the molecule is CCCCCCN1[C@@H](c2ccccc2)OO[C@H]1c1ccccc1. The molecule has 3 heteroatoms. The van der Waals surface area contributed by atoms with Crippen molar-refractivity contribution in [1.29, 1.82) is 0 Å². The van der Waals surface area contributed by atoms with E-state index >= 15 is 0 Å². The van der Waals surface area contributed by atoms with Crippen LogP contribution in [0.3, 0.4) is 0 Å². The van der Waals surface area contributed by atoms with Gasteiger partial charge in [0.05, 0.1) is 0 Å². The fourth-order valence-electron chi connectivity index (χ4n) is 3.02. The molecule has 0 unspecified atom stereocenters. The highest BCUT2D eigenvalue weighted by molar-refractivity contribution is 5.21. The van der Waals surface area contributed by atoms with E-state index in [1.54, 1.807) is 0 Å². The lowest BCUT2D eigenvalue weighted by Crippen LogP contribution is -2.28. The fourth-order valence-corrected chi connectivity index (χ4v) is 3.02. The van der Waals surface area contributed by atoms with Crippen LogP contribution in [0.5, 0.6) is 0 Å². The molecule has 0 aromatic heterocycles. The molecule has 0 spiro atoms. The summed E-state index contributed by atoms with van der Waals surface area (Å²) in [5.41, 5.74) is 2.28. The van der Waals surface area contributed by atoms with Gasteiger partial charge in [0.15, 0.2) is 12.5 Å². The Bertz CT molecular complexity index is 525. The van der Waals surface area contributed by atoms with Crippen molar-refractivity contribution in [2.45, 2.75) is 45.1 Å². The lowest BCUT2D eigenvalue weighted by Gasteiger charge is -2.25. The number of nitrogens with zero attached hydrogens (tertiary/aromatic N) is 1. The van der Waals surface area contributed by atoms with Crippen molar-refractivity contribution in [1.82, 2.24) is 4.90 Å². The van der Waals surface area contributed by atoms with Crippen LogP contribution in [0.25, 0.3) is 0 Å². The van der Waals surface area contributed by atoms with Crippen LogP contribution in [0.2, 0.25) is 0 Å². The third-order valence-electron chi connectivity index (χ3n) is 4.28. The van der Waals surface area contributed by atoms with Crippen LogP contribution in [0.1, 0.15) is 56.2 Å². The van der Waals surface area contributed by atoms with Gasteiger partial charge in [0, 0.05) is 6.54 Å². The van der Waals surface area contributed by atoms with Gasteiger partial charge in [-0.05, 0) is 17.5 Å². The zero-order chi connectivity index (χ0) is 15.9. The monoisotopic (exact) mass is 311 g/mol. The van der Waals surface area contributed by atoms with Crippen LogP contribution in [0, 0.1) is 0 Å². The Morgan fingerprint density at radius 1 is 0.739 bits per heavy atom. The van der Waals surface area contributed by atoms with Gasteiger partial charge in [0.2, 0.25) is 0 Å². The normalized spacial score (nSPS) is 21.6. The molecule has 1 aliphatic heterocycles. The molecule has 0 bridgehead atoms. The number of hydrogen-bond acceptors (Lipinski definition) is 3. The van der Waals surface area contributed by atoms with Crippen LogP contribution >= 0.6 is 0 Å².